The van der Waals surface area contributed by atoms with E-state index in [1.54, 1.807) is 11.6 Å². The number of methoxy groups -OCH3 is 1. The summed E-state index contributed by atoms with van der Waals surface area (Å²) in [4.78, 5) is 4.41. The molecular formula is C11H16N4O. The first-order valence-electron chi connectivity index (χ1n) is 5.36. The summed E-state index contributed by atoms with van der Waals surface area (Å²) in [6.07, 6.45) is 2.85. The Labute approximate surface area is 94.4 Å². The van der Waals surface area contributed by atoms with Gasteiger partial charge in [0.15, 0.2) is 5.65 Å². The van der Waals surface area contributed by atoms with Crippen LogP contribution in [-0.2, 0) is 4.74 Å². The van der Waals surface area contributed by atoms with Crippen LogP contribution in [0.2, 0.25) is 0 Å². The first-order valence-corrected chi connectivity index (χ1v) is 5.36. The van der Waals surface area contributed by atoms with E-state index in [0.29, 0.717) is 5.95 Å². The fraction of sp³-hybridized carbons (Fsp3) is 0.455. The number of nitrogens with zero attached hydrogens (tertiary/aromatic N) is 3. The third-order valence-electron chi connectivity index (χ3n) is 2.37. The molecule has 0 unspecified atom stereocenters. The summed E-state index contributed by atoms with van der Waals surface area (Å²) in [5.41, 5.74) is 2.02. The second-order valence-electron chi connectivity index (χ2n) is 3.67. The highest BCUT2D eigenvalue weighted by Crippen LogP contribution is 2.09. The lowest BCUT2D eigenvalue weighted by Gasteiger charge is -1.99. The Hall–Kier alpha value is -1.62. The third-order valence-corrected chi connectivity index (χ3v) is 2.37. The molecule has 0 radical (unpaired) electrons. The molecule has 86 valence electrons. The molecule has 0 aliphatic carbocycles. The van der Waals surface area contributed by atoms with Crippen molar-refractivity contribution in [1.29, 1.82) is 0 Å². The minimum Gasteiger partial charge on any atom is -0.385 e. The molecule has 0 spiro atoms. The van der Waals surface area contributed by atoms with Crippen molar-refractivity contribution in [2.75, 3.05) is 25.6 Å². The van der Waals surface area contributed by atoms with Crippen molar-refractivity contribution in [3.05, 3.63) is 23.9 Å². The molecule has 0 aliphatic rings. The minimum atomic E-state index is 0.672. The number of aromatic nitrogens is 3. The molecule has 2 aromatic heterocycles. The fourth-order valence-electron chi connectivity index (χ4n) is 1.53. The van der Waals surface area contributed by atoms with E-state index in [-0.39, 0.29) is 0 Å². The van der Waals surface area contributed by atoms with Crippen molar-refractivity contribution in [3.63, 3.8) is 0 Å². The first-order chi connectivity index (χ1) is 7.81. The van der Waals surface area contributed by atoms with Crippen molar-refractivity contribution in [2.45, 2.75) is 13.3 Å². The Morgan fingerprint density at radius 3 is 3.12 bits per heavy atom. The fourth-order valence-corrected chi connectivity index (χ4v) is 1.53. The van der Waals surface area contributed by atoms with Crippen molar-refractivity contribution in [1.82, 2.24) is 14.6 Å². The Morgan fingerprint density at radius 2 is 2.38 bits per heavy atom. The van der Waals surface area contributed by atoms with E-state index in [1.807, 2.05) is 25.3 Å². The van der Waals surface area contributed by atoms with Crippen LogP contribution in [0.4, 0.5) is 5.95 Å². The standard InChI is InChI=1S/C11H16N4O/c1-9-5-3-7-15-10(9)13-11(14-15)12-6-4-8-16-2/h3,5,7H,4,6,8H2,1-2H3,(H,12,14). The zero-order valence-corrected chi connectivity index (χ0v) is 9.60. The van der Waals surface area contributed by atoms with E-state index >= 15 is 0 Å². The lowest BCUT2D eigenvalue weighted by molar-refractivity contribution is 0.197. The molecule has 5 heteroatoms. The molecule has 0 amide bonds. The maximum atomic E-state index is 4.97. The Kier molecular flexibility index (Phi) is 3.36. The summed E-state index contributed by atoms with van der Waals surface area (Å²) < 4.78 is 6.76. The molecule has 2 heterocycles. The number of pyridine rings is 1. The van der Waals surface area contributed by atoms with E-state index in [9.17, 15) is 0 Å². The Morgan fingerprint density at radius 1 is 1.50 bits per heavy atom. The molecule has 2 aromatic rings. The van der Waals surface area contributed by atoms with Gasteiger partial charge < -0.3 is 10.1 Å². The van der Waals surface area contributed by atoms with Gasteiger partial charge >= 0.3 is 0 Å². The molecule has 0 aromatic carbocycles. The molecule has 0 aliphatic heterocycles. The number of aryl methyl sites for hydroxylation is 1. The van der Waals surface area contributed by atoms with Gasteiger partial charge in [-0.15, -0.1) is 5.10 Å². The maximum absolute atomic E-state index is 4.97. The van der Waals surface area contributed by atoms with Crippen LogP contribution in [0.25, 0.3) is 5.65 Å². The smallest absolute Gasteiger partial charge is 0.243 e. The second kappa shape index (κ2) is 4.94. The topological polar surface area (TPSA) is 51.5 Å². The highest BCUT2D eigenvalue weighted by Gasteiger charge is 2.03. The van der Waals surface area contributed by atoms with Gasteiger partial charge in [0.25, 0.3) is 0 Å². The predicted octanol–water partition coefficient (Wildman–Crippen LogP) is 1.49. The van der Waals surface area contributed by atoms with Gasteiger partial charge in [-0.2, -0.15) is 4.98 Å². The Bertz CT molecular complexity index is 466. The van der Waals surface area contributed by atoms with Crippen LogP contribution in [0.1, 0.15) is 12.0 Å². The molecule has 0 saturated carbocycles. The monoisotopic (exact) mass is 220 g/mol. The Balaban J connectivity index is 2.05. The summed E-state index contributed by atoms with van der Waals surface area (Å²) in [7, 11) is 1.70. The molecule has 0 fully saturated rings. The van der Waals surface area contributed by atoms with E-state index in [4.69, 9.17) is 4.74 Å². The number of ether oxygens (including phenoxy) is 1. The quantitative estimate of drug-likeness (QED) is 0.775. The molecular weight excluding hydrogens is 204 g/mol. The molecule has 0 atom stereocenters. The molecule has 2 rings (SSSR count). The van der Waals surface area contributed by atoms with Crippen molar-refractivity contribution in [3.8, 4) is 0 Å². The normalized spacial score (nSPS) is 10.9. The van der Waals surface area contributed by atoms with Crippen LogP contribution in [0.15, 0.2) is 18.3 Å². The van der Waals surface area contributed by atoms with Crippen molar-refractivity contribution in [2.24, 2.45) is 0 Å². The zero-order chi connectivity index (χ0) is 11.4. The lowest BCUT2D eigenvalue weighted by Crippen LogP contribution is -2.05. The summed E-state index contributed by atoms with van der Waals surface area (Å²) in [6.45, 7) is 3.60. The summed E-state index contributed by atoms with van der Waals surface area (Å²) in [5, 5.41) is 7.50. The third kappa shape index (κ3) is 2.30. The van der Waals surface area contributed by atoms with Gasteiger partial charge in [-0.25, -0.2) is 4.52 Å². The van der Waals surface area contributed by atoms with Gasteiger partial charge in [0, 0.05) is 26.5 Å². The van der Waals surface area contributed by atoms with Crippen LogP contribution in [0.3, 0.4) is 0 Å². The molecule has 0 saturated heterocycles. The van der Waals surface area contributed by atoms with E-state index in [1.165, 1.54) is 0 Å². The van der Waals surface area contributed by atoms with Crippen LogP contribution >= 0.6 is 0 Å². The van der Waals surface area contributed by atoms with E-state index in [0.717, 1.165) is 30.8 Å². The summed E-state index contributed by atoms with van der Waals surface area (Å²) in [6, 6.07) is 3.99. The average molecular weight is 220 g/mol. The molecule has 1 N–H and O–H groups in total. The molecule has 0 bridgehead atoms. The van der Waals surface area contributed by atoms with E-state index < -0.39 is 0 Å². The van der Waals surface area contributed by atoms with Crippen molar-refractivity contribution < 1.29 is 4.74 Å². The lowest BCUT2D eigenvalue weighted by atomic mass is 10.3. The van der Waals surface area contributed by atoms with Crippen LogP contribution in [0, 0.1) is 6.92 Å². The van der Waals surface area contributed by atoms with Crippen LogP contribution in [0.5, 0.6) is 0 Å². The van der Waals surface area contributed by atoms with Gasteiger partial charge in [-0.3, -0.25) is 0 Å². The number of hydrogen-bond acceptors (Lipinski definition) is 4. The maximum Gasteiger partial charge on any atom is 0.243 e. The van der Waals surface area contributed by atoms with Gasteiger partial charge in [0.1, 0.15) is 0 Å². The zero-order valence-electron chi connectivity index (χ0n) is 9.60. The average Bonchev–Trinajstić information content (AvgIpc) is 2.69. The largest absolute Gasteiger partial charge is 0.385 e. The van der Waals surface area contributed by atoms with Gasteiger partial charge in [-0.05, 0) is 25.0 Å². The predicted molar refractivity (Wildman–Crippen MR) is 62.7 cm³/mol. The number of anilines is 1. The van der Waals surface area contributed by atoms with Crippen molar-refractivity contribution >= 4 is 11.6 Å². The highest BCUT2D eigenvalue weighted by atomic mass is 16.5. The molecule has 5 nitrogen and oxygen atoms in total. The van der Waals surface area contributed by atoms with Gasteiger partial charge in [-0.1, -0.05) is 6.07 Å². The summed E-state index contributed by atoms with van der Waals surface area (Å²) in [5.74, 6) is 0.672. The second-order valence-corrected chi connectivity index (χ2v) is 3.67. The number of nitrogens with one attached hydrogen (secondary N) is 1. The number of fused-ring (bicyclic) bond motifs is 1. The SMILES string of the molecule is COCCCNc1nc2c(C)cccn2n1. The van der Waals surface area contributed by atoms with Gasteiger partial charge in [0.05, 0.1) is 0 Å². The summed E-state index contributed by atoms with van der Waals surface area (Å²) >= 11 is 0. The highest BCUT2D eigenvalue weighted by molar-refractivity contribution is 5.49. The number of hydrogen-bond donors (Lipinski definition) is 1. The number of rotatable bonds is 5. The van der Waals surface area contributed by atoms with Crippen LogP contribution < -0.4 is 5.32 Å². The molecule has 16 heavy (non-hydrogen) atoms. The minimum absolute atomic E-state index is 0.672. The first kappa shape index (κ1) is 10.9. The van der Waals surface area contributed by atoms with Gasteiger partial charge in [0.2, 0.25) is 5.95 Å². The van der Waals surface area contributed by atoms with Crippen LogP contribution in [-0.4, -0.2) is 34.9 Å². The van der Waals surface area contributed by atoms with E-state index in [2.05, 4.69) is 15.4 Å².